The van der Waals surface area contributed by atoms with Crippen LogP contribution in [0.25, 0.3) is 0 Å². The summed E-state index contributed by atoms with van der Waals surface area (Å²) in [6.45, 7) is 2.97. The molecule has 6 nitrogen and oxygen atoms in total. The maximum atomic E-state index is 12.4. The molecule has 27 heavy (non-hydrogen) atoms. The molecule has 2 aromatic rings. The van der Waals surface area contributed by atoms with Crippen molar-refractivity contribution in [2.75, 3.05) is 33.0 Å². The fraction of sp³-hybridized carbons (Fsp3) is 0.316. The summed E-state index contributed by atoms with van der Waals surface area (Å²) in [5.41, 5.74) is 2.62. The Labute approximate surface area is 165 Å². The van der Waals surface area contributed by atoms with Gasteiger partial charge in [0.15, 0.2) is 6.54 Å². The van der Waals surface area contributed by atoms with Gasteiger partial charge in [0.25, 0.3) is 5.91 Å². The first-order chi connectivity index (χ1) is 12.6. The molecule has 2 N–H and O–H groups in total. The topological polar surface area (TPSA) is 70.9 Å². The van der Waals surface area contributed by atoms with Gasteiger partial charge in [-0.15, -0.1) is 0 Å². The van der Waals surface area contributed by atoms with E-state index in [1.165, 1.54) is 37.9 Å². The minimum absolute atomic E-state index is 0.0764. The van der Waals surface area contributed by atoms with Crippen LogP contribution in [0.3, 0.4) is 0 Å². The van der Waals surface area contributed by atoms with E-state index in [4.69, 9.17) is 11.6 Å². The Balaban J connectivity index is 2.05. The van der Waals surface area contributed by atoms with Gasteiger partial charge in [-0.2, -0.15) is 0 Å². The van der Waals surface area contributed by atoms with Crippen molar-refractivity contribution in [1.29, 1.82) is 0 Å². The predicted octanol–water partition coefficient (Wildman–Crippen LogP) is 1.55. The number of nitrogens with one attached hydrogen (secondary N) is 2. The number of rotatable bonds is 7. The summed E-state index contributed by atoms with van der Waals surface area (Å²) < 4.78 is 25.6. The largest absolute Gasteiger partial charge is 0.326 e. The molecular weight excluding hydrogens is 386 g/mol. The lowest BCUT2D eigenvalue weighted by Gasteiger charge is -2.16. The maximum absolute atomic E-state index is 12.4. The highest BCUT2D eigenvalue weighted by Crippen LogP contribution is 2.26. The molecule has 0 aliphatic rings. The van der Waals surface area contributed by atoms with Crippen molar-refractivity contribution in [3.05, 3.63) is 58.6 Å². The van der Waals surface area contributed by atoms with Crippen molar-refractivity contribution < 1.29 is 18.1 Å². The summed E-state index contributed by atoms with van der Waals surface area (Å²) in [5.74, 6) is -0.235. The van der Waals surface area contributed by atoms with Gasteiger partial charge in [-0.05, 0) is 25.1 Å². The Bertz CT molecular complexity index is 912. The van der Waals surface area contributed by atoms with E-state index >= 15 is 0 Å². The average Bonchev–Trinajstić information content (AvgIpc) is 2.58. The number of carbonyl (C=O) groups is 1. The van der Waals surface area contributed by atoms with E-state index in [0.29, 0.717) is 6.54 Å². The van der Waals surface area contributed by atoms with Gasteiger partial charge in [0.2, 0.25) is 10.0 Å². The lowest BCUT2D eigenvalue weighted by atomic mass is 10.1. The zero-order valence-corrected chi connectivity index (χ0v) is 17.5. The number of likely N-dealkylation sites (N-methyl/N-ethyl adjacent to an activating group) is 1. The monoisotopic (exact) mass is 410 g/mol. The van der Waals surface area contributed by atoms with Crippen molar-refractivity contribution >= 4 is 33.2 Å². The summed E-state index contributed by atoms with van der Waals surface area (Å²) in [7, 11) is 1.22. The van der Waals surface area contributed by atoms with Gasteiger partial charge in [0.05, 0.1) is 22.7 Å². The molecule has 1 amide bonds. The van der Waals surface area contributed by atoms with Crippen molar-refractivity contribution in [3.8, 4) is 0 Å². The summed E-state index contributed by atoms with van der Waals surface area (Å²) in [5, 5.41) is 3.00. The van der Waals surface area contributed by atoms with Crippen molar-refractivity contribution in [3.63, 3.8) is 0 Å². The molecule has 0 saturated heterocycles. The number of anilines is 1. The molecule has 0 fully saturated rings. The van der Waals surface area contributed by atoms with Crippen molar-refractivity contribution in [2.45, 2.75) is 18.4 Å². The zero-order valence-electron chi connectivity index (χ0n) is 15.9. The number of benzene rings is 2. The highest BCUT2D eigenvalue weighted by atomic mass is 35.5. The van der Waals surface area contributed by atoms with Crippen LogP contribution in [0.5, 0.6) is 0 Å². The molecule has 2 rings (SSSR count). The van der Waals surface area contributed by atoms with Crippen molar-refractivity contribution in [2.24, 2.45) is 0 Å². The molecule has 2 aromatic carbocycles. The smallest absolute Gasteiger partial charge is 0.279 e. The first kappa shape index (κ1) is 21.4. The summed E-state index contributed by atoms with van der Waals surface area (Å²) in [6, 6.07) is 12.4. The first-order valence-corrected chi connectivity index (χ1v) is 10.3. The highest BCUT2D eigenvalue weighted by Gasteiger charge is 2.20. The Hall–Kier alpha value is -1.93. The Morgan fingerprint density at radius 2 is 1.78 bits per heavy atom. The molecule has 0 spiro atoms. The molecule has 1 unspecified atom stereocenters. The van der Waals surface area contributed by atoms with Gasteiger partial charge in [0.1, 0.15) is 6.54 Å². The second kappa shape index (κ2) is 8.84. The fourth-order valence-corrected chi connectivity index (χ4v) is 3.65. The SMILES string of the molecule is Cc1ccc(C[NH+](C)CC(=O)Nc2cc(S(=O)(=O)N(C)C)ccc2Cl)cc1. The predicted molar refractivity (Wildman–Crippen MR) is 108 cm³/mol. The van der Waals surface area contributed by atoms with E-state index < -0.39 is 10.0 Å². The molecule has 0 radical (unpaired) electrons. The third-order valence-electron chi connectivity index (χ3n) is 4.08. The second-order valence-electron chi connectivity index (χ2n) is 6.77. The quantitative estimate of drug-likeness (QED) is 0.727. The van der Waals surface area contributed by atoms with Crippen LogP contribution in [-0.4, -0.2) is 46.3 Å². The normalized spacial score (nSPS) is 12.8. The average molecular weight is 411 g/mol. The number of nitrogens with zero attached hydrogens (tertiary/aromatic N) is 1. The van der Waals surface area contributed by atoms with Crippen LogP contribution in [0, 0.1) is 6.92 Å². The number of quaternary nitrogens is 1. The summed E-state index contributed by atoms with van der Waals surface area (Å²) in [4.78, 5) is 13.4. The molecule has 1 atom stereocenters. The van der Waals surface area contributed by atoms with Gasteiger partial charge in [0, 0.05) is 19.7 Å². The number of amides is 1. The van der Waals surface area contributed by atoms with Crippen molar-refractivity contribution in [1.82, 2.24) is 4.31 Å². The van der Waals surface area contributed by atoms with Gasteiger partial charge in [-0.25, -0.2) is 12.7 Å². The van der Waals surface area contributed by atoms with E-state index in [1.54, 1.807) is 0 Å². The molecule has 0 aromatic heterocycles. The van der Waals surface area contributed by atoms with Crippen LogP contribution in [-0.2, 0) is 21.4 Å². The van der Waals surface area contributed by atoms with E-state index in [2.05, 4.69) is 5.32 Å². The number of carbonyl (C=O) groups excluding carboxylic acids is 1. The van der Waals surface area contributed by atoms with Crippen LogP contribution in [0.4, 0.5) is 5.69 Å². The minimum Gasteiger partial charge on any atom is -0.326 e. The Kier molecular flexibility index (Phi) is 7.00. The number of hydrogen-bond donors (Lipinski definition) is 2. The molecule has 0 heterocycles. The maximum Gasteiger partial charge on any atom is 0.279 e. The molecule has 146 valence electrons. The molecule has 0 saturated carbocycles. The third kappa shape index (κ3) is 5.77. The summed E-state index contributed by atoms with van der Waals surface area (Å²) in [6.07, 6.45) is 0. The van der Waals surface area contributed by atoms with E-state index in [1.807, 2.05) is 38.2 Å². The molecular formula is C19H25ClN3O3S+. The molecule has 0 aliphatic carbocycles. The van der Waals surface area contributed by atoms with Crippen LogP contribution in [0.2, 0.25) is 5.02 Å². The van der Waals surface area contributed by atoms with E-state index in [-0.39, 0.29) is 28.1 Å². The first-order valence-electron chi connectivity index (χ1n) is 8.48. The number of halogens is 1. The van der Waals surface area contributed by atoms with Gasteiger partial charge in [-0.3, -0.25) is 4.79 Å². The summed E-state index contributed by atoms with van der Waals surface area (Å²) >= 11 is 6.12. The van der Waals surface area contributed by atoms with Gasteiger partial charge >= 0.3 is 0 Å². The minimum atomic E-state index is -3.60. The Morgan fingerprint density at radius 3 is 2.37 bits per heavy atom. The lowest BCUT2D eigenvalue weighted by Crippen LogP contribution is -3.08. The van der Waals surface area contributed by atoms with Gasteiger partial charge < -0.3 is 10.2 Å². The molecule has 0 bridgehead atoms. The third-order valence-corrected chi connectivity index (χ3v) is 6.22. The second-order valence-corrected chi connectivity index (χ2v) is 9.33. The molecule has 0 aliphatic heterocycles. The Morgan fingerprint density at radius 1 is 1.15 bits per heavy atom. The lowest BCUT2D eigenvalue weighted by molar-refractivity contribution is -0.885. The van der Waals surface area contributed by atoms with Crippen LogP contribution in [0.1, 0.15) is 11.1 Å². The van der Waals surface area contributed by atoms with Crippen LogP contribution >= 0.6 is 11.6 Å². The van der Waals surface area contributed by atoms with E-state index in [9.17, 15) is 13.2 Å². The van der Waals surface area contributed by atoms with Crippen LogP contribution in [0.15, 0.2) is 47.4 Å². The highest BCUT2D eigenvalue weighted by molar-refractivity contribution is 7.89. The zero-order chi connectivity index (χ0) is 20.2. The number of aryl methyl sites for hydroxylation is 1. The van der Waals surface area contributed by atoms with Gasteiger partial charge in [-0.1, -0.05) is 41.4 Å². The molecule has 8 heteroatoms. The fourth-order valence-electron chi connectivity index (χ4n) is 2.56. The standard InChI is InChI=1S/C19H24ClN3O3S/c1-14-5-7-15(8-6-14)12-23(4)13-19(24)21-18-11-16(9-10-17(18)20)27(25,26)22(2)3/h5-11H,12-13H2,1-4H3,(H,21,24)/p+1. The number of sulfonamides is 1. The van der Waals surface area contributed by atoms with Crippen LogP contribution < -0.4 is 10.2 Å². The number of hydrogen-bond acceptors (Lipinski definition) is 3. The van der Waals surface area contributed by atoms with E-state index in [0.717, 1.165) is 14.8 Å².